The normalized spacial score (nSPS) is 13.4. The maximum Gasteiger partial charge on any atom is 0.416 e. The summed E-state index contributed by atoms with van der Waals surface area (Å²) in [6.45, 7) is 1.85. The highest BCUT2D eigenvalue weighted by atomic mass is 19.4. The lowest BCUT2D eigenvalue weighted by Gasteiger charge is -2.25. The first kappa shape index (κ1) is 23.6. The summed E-state index contributed by atoms with van der Waals surface area (Å²) in [6.07, 6.45) is -8.37. The smallest absolute Gasteiger partial charge is 0.416 e. The van der Waals surface area contributed by atoms with E-state index in [9.17, 15) is 26.3 Å². The van der Waals surface area contributed by atoms with Crippen LogP contribution in [0.15, 0.2) is 48.8 Å². The fraction of sp³-hybridized carbons (Fsp3) is 0.333. The van der Waals surface area contributed by atoms with Gasteiger partial charge in [0, 0.05) is 11.6 Å². The number of hydrogen-bond acceptors (Lipinski definition) is 4. The van der Waals surface area contributed by atoms with Crippen molar-refractivity contribution in [2.45, 2.75) is 38.5 Å². The molecule has 172 valence electrons. The van der Waals surface area contributed by atoms with Crippen LogP contribution in [0.2, 0.25) is 0 Å². The number of nitrogens with one attached hydrogen (secondary N) is 1. The second-order valence-corrected chi connectivity index (χ2v) is 7.25. The molecule has 0 aliphatic carbocycles. The van der Waals surface area contributed by atoms with Crippen molar-refractivity contribution in [1.29, 1.82) is 0 Å². The van der Waals surface area contributed by atoms with Crippen molar-refractivity contribution in [1.82, 2.24) is 20.1 Å². The second-order valence-electron chi connectivity index (χ2n) is 7.25. The van der Waals surface area contributed by atoms with E-state index in [1.807, 2.05) is 18.9 Å². The SMILES string of the molecule is CC(c1ccccc1OCc1cc(C(F)(F)F)cc(C(F)(F)F)c1)N(C)Cc1nc[nH]n1. The van der Waals surface area contributed by atoms with Gasteiger partial charge in [-0.05, 0) is 43.8 Å². The van der Waals surface area contributed by atoms with Crippen molar-refractivity contribution in [2.24, 2.45) is 0 Å². The topological polar surface area (TPSA) is 54.0 Å². The van der Waals surface area contributed by atoms with Crippen molar-refractivity contribution in [3.05, 3.63) is 76.9 Å². The summed E-state index contributed by atoms with van der Waals surface area (Å²) in [5, 5.41) is 6.62. The Balaban J connectivity index is 1.82. The summed E-state index contributed by atoms with van der Waals surface area (Å²) in [7, 11) is 1.83. The number of benzene rings is 2. The van der Waals surface area contributed by atoms with Gasteiger partial charge in [-0.1, -0.05) is 18.2 Å². The van der Waals surface area contributed by atoms with E-state index in [0.717, 1.165) is 0 Å². The maximum absolute atomic E-state index is 13.1. The molecule has 3 rings (SSSR count). The van der Waals surface area contributed by atoms with Crippen LogP contribution >= 0.6 is 0 Å². The Labute approximate surface area is 180 Å². The molecular weight excluding hydrogens is 438 g/mol. The third kappa shape index (κ3) is 5.78. The van der Waals surface area contributed by atoms with E-state index >= 15 is 0 Å². The van der Waals surface area contributed by atoms with Gasteiger partial charge in [0.2, 0.25) is 0 Å². The zero-order valence-electron chi connectivity index (χ0n) is 17.1. The summed E-state index contributed by atoms with van der Waals surface area (Å²) in [5.74, 6) is 0.925. The lowest BCUT2D eigenvalue weighted by molar-refractivity contribution is -0.143. The molecule has 0 aliphatic rings. The first-order valence-electron chi connectivity index (χ1n) is 9.50. The summed E-state index contributed by atoms with van der Waals surface area (Å²) in [5.41, 5.74) is -2.27. The van der Waals surface area contributed by atoms with Gasteiger partial charge in [-0.15, -0.1) is 0 Å². The molecule has 1 aromatic heterocycles. The number of aromatic nitrogens is 3. The molecule has 0 radical (unpaired) electrons. The number of ether oxygens (including phenoxy) is 1. The van der Waals surface area contributed by atoms with Gasteiger partial charge < -0.3 is 4.74 Å². The number of halogens is 6. The Bertz CT molecular complexity index is 1000. The molecule has 0 fully saturated rings. The van der Waals surface area contributed by atoms with Crippen LogP contribution in [0.3, 0.4) is 0 Å². The highest BCUT2D eigenvalue weighted by molar-refractivity contribution is 5.37. The average molecular weight is 458 g/mol. The highest BCUT2D eigenvalue weighted by Gasteiger charge is 2.37. The molecular formula is C21H20F6N4O. The van der Waals surface area contributed by atoms with E-state index in [1.165, 1.54) is 6.33 Å². The van der Waals surface area contributed by atoms with Gasteiger partial charge in [0.1, 0.15) is 18.7 Å². The largest absolute Gasteiger partial charge is 0.489 e. The van der Waals surface area contributed by atoms with Crippen LogP contribution in [0.4, 0.5) is 26.3 Å². The second kappa shape index (κ2) is 9.19. The van der Waals surface area contributed by atoms with Crippen molar-refractivity contribution in [2.75, 3.05) is 7.05 Å². The maximum atomic E-state index is 13.1. The third-order valence-electron chi connectivity index (χ3n) is 4.93. The van der Waals surface area contributed by atoms with Crippen LogP contribution in [0.25, 0.3) is 0 Å². The van der Waals surface area contributed by atoms with Gasteiger partial charge in [-0.25, -0.2) is 4.98 Å². The number of hydrogen-bond donors (Lipinski definition) is 1. The van der Waals surface area contributed by atoms with E-state index < -0.39 is 30.1 Å². The summed E-state index contributed by atoms with van der Waals surface area (Å²) >= 11 is 0. The van der Waals surface area contributed by atoms with Crippen LogP contribution in [0.1, 0.15) is 41.0 Å². The average Bonchev–Trinajstić information content (AvgIpc) is 3.23. The number of aromatic amines is 1. The van der Waals surface area contributed by atoms with Gasteiger partial charge in [-0.2, -0.15) is 31.4 Å². The molecule has 5 nitrogen and oxygen atoms in total. The van der Waals surface area contributed by atoms with Crippen LogP contribution < -0.4 is 4.74 Å². The number of para-hydroxylation sites is 1. The van der Waals surface area contributed by atoms with Crippen LogP contribution in [-0.4, -0.2) is 27.1 Å². The molecule has 1 atom stereocenters. The first-order chi connectivity index (χ1) is 14.9. The number of alkyl halides is 6. The van der Waals surface area contributed by atoms with Crippen LogP contribution in [0, 0.1) is 0 Å². The molecule has 0 saturated heterocycles. The molecule has 0 bridgehead atoms. The molecule has 0 saturated carbocycles. The third-order valence-corrected chi connectivity index (χ3v) is 4.93. The van der Waals surface area contributed by atoms with Gasteiger partial charge in [-0.3, -0.25) is 10.00 Å². The zero-order valence-corrected chi connectivity index (χ0v) is 17.1. The molecule has 0 aliphatic heterocycles. The lowest BCUT2D eigenvalue weighted by Crippen LogP contribution is -2.23. The molecule has 2 aromatic carbocycles. The molecule has 32 heavy (non-hydrogen) atoms. The number of H-pyrrole nitrogens is 1. The standard InChI is InChI=1S/C21H20F6N4O/c1-13(31(2)10-19-28-12-29-30-19)17-5-3-4-6-18(17)32-11-14-7-15(20(22,23)24)9-16(8-14)21(25,26)27/h3-9,12-13H,10-11H2,1-2H3,(H,28,29,30). The predicted octanol–water partition coefficient (Wildman–Crippen LogP) is 5.61. The molecule has 1 unspecified atom stereocenters. The zero-order chi connectivity index (χ0) is 23.5. The quantitative estimate of drug-likeness (QED) is 0.468. The molecule has 3 aromatic rings. The van der Waals surface area contributed by atoms with E-state index in [0.29, 0.717) is 35.8 Å². The van der Waals surface area contributed by atoms with Gasteiger partial charge in [0.25, 0.3) is 0 Å². The number of nitrogens with zero attached hydrogens (tertiary/aromatic N) is 3. The molecule has 0 spiro atoms. The number of rotatable bonds is 7. The van der Waals surface area contributed by atoms with E-state index in [4.69, 9.17) is 4.74 Å². The molecule has 11 heteroatoms. The Morgan fingerprint density at radius 2 is 1.62 bits per heavy atom. The Hall–Kier alpha value is -3.08. The van der Waals surface area contributed by atoms with Crippen molar-refractivity contribution in [3.8, 4) is 5.75 Å². The fourth-order valence-electron chi connectivity index (χ4n) is 3.13. The Kier molecular flexibility index (Phi) is 6.77. The predicted molar refractivity (Wildman–Crippen MR) is 103 cm³/mol. The summed E-state index contributed by atoms with van der Waals surface area (Å²) in [4.78, 5) is 5.99. The van der Waals surface area contributed by atoms with E-state index in [1.54, 1.807) is 24.3 Å². The molecule has 1 heterocycles. The van der Waals surface area contributed by atoms with Crippen molar-refractivity contribution >= 4 is 0 Å². The summed E-state index contributed by atoms with van der Waals surface area (Å²) in [6, 6.07) is 8.06. The van der Waals surface area contributed by atoms with E-state index in [-0.39, 0.29) is 17.7 Å². The monoisotopic (exact) mass is 458 g/mol. The van der Waals surface area contributed by atoms with Crippen LogP contribution in [0.5, 0.6) is 5.75 Å². The molecule has 0 amide bonds. The van der Waals surface area contributed by atoms with Crippen molar-refractivity contribution < 1.29 is 31.1 Å². The first-order valence-corrected chi connectivity index (χ1v) is 9.50. The minimum atomic E-state index is -4.91. The Morgan fingerprint density at radius 1 is 1.00 bits per heavy atom. The van der Waals surface area contributed by atoms with Crippen LogP contribution in [-0.2, 0) is 25.5 Å². The Morgan fingerprint density at radius 3 is 2.19 bits per heavy atom. The van der Waals surface area contributed by atoms with Gasteiger partial charge >= 0.3 is 12.4 Å². The summed E-state index contributed by atoms with van der Waals surface area (Å²) < 4.78 is 84.2. The minimum absolute atomic E-state index is 0.0948. The van der Waals surface area contributed by atoms with Gasteiger partial charge in [0.05, 0.1) is 17.7 Å². The van der Waals surface area contributed by atoms with Gasteiger partial charge in [0.15, 0.2) is 5.82 Å². The van der Waals surface area contributed by atoms with Crippen molar-refractivity contribution in [3.63, 3.8) is 0 Å². The molecule has 1 N–H and O–H groups in total. The minimum Gasteiger partial charge on any atom is -0.489 e. The fourth-order valence-corrected chi connectivity index (χ4v) is 3.13. The van der Waals surface area contributed by atoms with E-state index in [2.05, 4.69) is 15.2 Å². The lowest BCUT2D eigenvalue weighted by atomic mass is 10.0. The highest BCUT2D eigenvalue weighted by Crippen LogP contribution is 2.37.